The molecule has 2 aromatic rings. The number of aryl methyl sites for hydroxylation is 1. The first kappa shape index (κ1) is 20.9. The lowest BCUT2D eigenvalue weighted by molar-refractivity contribution is 0.918. The molecule has 6 heteroatoms. The number of hydrogen-bond acceptors (Lipinski definition) is 4. The Morgan fingerprint density at radius 2 is 1.63 bits per heavy atom. The van der Waals surface area contributed by atoms with Gasteiger partial charge in [-0.25, -0.2) is 10.4 Å². The van der Waals surface area contributed by atoms with Crippen molar-refractivity contribution in [2.75, 3.05) is 13.1 Å². The van der Waals surface area contributed by atoms with Crippen LogP contribution < -0.4 is 10.7 Å². The Hall–Kier alpha value is -2.37. The molecule has 0 amide bonds. The van der Waals surface area contributed by atoms with E-state index in [2.05, 4.69) is 52.0 Å². The summed E-state index contributed by atoms with van der Waals surface area (Å²) in [7, 11) is 0. The van der Waals surface area contributed by atoms with E-state index in [1.54, 1.807) is 0 Å². The van der Waals surface area contributed by atoms with Crippen LogP contribution in [0.3, 0.4) is 0 Å². The molecule has 0 radical (unpaired) electrons. The van der Waals surface area contributed by atoms with Crippen LogP contribution in [-0.2, 0) is 0 Å². The SMILES string of the molecule is Br.Cc1ccc(C=CC(C=Cc2ccc(Cl)cc2)=NNC2=NCCN2)cc1. The van der Waals surface area contributed by atoms with E-state index in [0.29, 0.717) is 5.96 Å². The number of rotatable bonds is 5. The number of guanidine groups is 1. The zero-order chi connectivity index (χ0) is 18.2. The number of nitrogens with one attached hydrogen (secondary N) is 2. The van der Waals surface area contributed by atoms with Gasteiger partial charge >= 0.3 is 0 Å². The minimum Gasteiger partial charge on any atom is -0.353 e. The molecule has 3 rings (SSSR count). The van der Waals surface area contributed by atoms with Crippen molar-refractivity contribution in [2.24, 2.45) is 10.1 Å². The standard InChI is InChI=1S/C21H21ClN4.BrH/c1-16-2-4-17(5-3-16)8-12-20(25-26-21-23-14-15-24-21)13-9-18-6-10-19(22)11-7-18;/h2-13H,14-15H2,1H3,(H2,23,24,26);1H. The van der Waals surface area contributed by atoms with Crippen molar-refractivity contribution in [2.45, 2.75) is 6.92 Å². The number of benzene rings is 2. The molecule has 1 aliphatic rings. The van der Waals surface area contributed by atoms with E-state index < -0.39 is 0 Å². The van der Waals surface area contributed by atoms with Crippen LogP contribution in [0, 0.1) is 6.92 Å². The van der Waals surface area contributed by atoms with E-state index in [0.717, 1.165) is 35.0 Å². The Kier molecular flexibility index (Phi) is 8.30. The molecule has 2 aromatic carbocycles. The normalized spacial score (nSPS) is 14.1. The van der Waals surface area contributed by atoms with Gasteiger partial charge in [0.25, 0.3) is 0 Å². The Balaban J connectivity index is 0.00000261. The predicted molar refractivity (Wildman–Crippen MR) is 122 cm³/mol. The third-order valence-electron chi connectivity index (χ3n) is 3.81. The van der Waals surface area contributed by atoms with Crippen LogP contribution in [0.1, 0.15) is 16.7 Å². The molecule has 140 valence electrons. The van der Waals surface area contributed by atoms with Gasteiger partial charge < -0.3 is 5.32 Å². The van der Waals surface area contributed by atoms with Crippen LogP contribution >= 0.6 is 28.6 Å². The van der Waals surface area contributed by atoms with Crippen molar-refractivity contribution in [3.05, 3.63) is 82.4 Å². The Bertz CT molecular complexity index is 795. The summed E-state index contributed by atoms with van der Waals surface area (Å²) < 4.78 is 0. The van der Waals surface area contributed by atoms with Gasteiger partial charge in [0.05, 0.1) is 12.3 Å². The number of aliphatic imine (C=N–C) groups is 1. The van der Waals surface area contributed by atoms with E-state index in [1.807, 2.05) is 48.6 Å². The molecule has 0 saturated heterocycles. The highest BCUT2D eigenvalue weighted by Crippen LogP contribution is 2.11. The molecule has 27 heavy (non-hydrogen) atoms. The van der Waals surface area contributed by atoms with Crippen LogP contribution in [0.5, 0.6) is 0 Å². The second-order valence-electron chi connectivity index (χ2n) is 5.93. The number of hydrazone groups is 1. The fourth-order valence-electron chi connectivity index (χ4n) is 2.34. The van der Waals surface area contributed by atoms with Crippen molar-refractivity contribution in [3.63, 3.8) is 0 Å². The second kappa shape index (κ2) is 10.7. The third kappa shape index (κ3) is 7.04. The second-order valence-corrected chi connectivity index (χ2v) is 6.37. The Morgan fingerprint density at radius 3 is 2.19 bits per heavy atom. The molecule has 0 aromatic heterocycles. The van der Waals surface area contributed by atoms with Crippen molar-refractivity contribution in [3.8, 4) is 0 Å². The molecule has 0 spiro atoms. The molecule has 0 fully saturated rings. The zero-order valence-corrected chi connectivity index (χ0v) is 17.5. The Labute approximate surface area is 175 Å². The smallest absolute Gasteiger partial charge is 0.212 e. The molecule has 4 nitrogen and oxygen atoms in total. The average molecular weight is 446 g/mol. The minimum atomic E-state index is 0. The topological polar surface area (TPSA) is 48.8 Å². The largest absolute Gasteiger partial charge is 0.353 e. The lowest BCUT2D eigenvalue weighted by Gasteiger charge is -2.02. The van der Waals surface area contributed by atoms with E-state index in [-0.39, 0.29) is 17.0 Å². The summed E-state index contributed by atoms with van der Waals surface area (Å²) in [6.45, 7) is 3.69. The first-order chi connectivity index (χ1) is 12.7. The van der Waals surface area contributed by atoms with Gasteiger partial charge in [-0.05, 0) is 42.3 Å². The molecule has 0 aliphatic carbocycles. The maximum Gasteiger partial charge on any atom is 0.212 e. The van der Waals surface area contributed by atoms with E-state index in [9.17, 15) is 0 Å². The zero-order valence-electron chi connectivity index (χ0n) is 15.0. The summed E-state index contributed by atoms with van der Waals surface area (Å²) in [6, 6.07) is 16.0. The number of allylic oxidation sites excluding steroid dienone is 2. The van der Waals surface area contributed by atoms with Gasteiger partial charge in [-0.15, -0.1) is 17.0 Å². The van der Waals surface area contributed by atoms with Crippen molar-refractivity contribution in [1.82, 2.24) is 10.7 Å². The van der Waals surface area contributed by atoms with E-state index >= 15 is 0 Å². The molecule has 0 bridgehead atoms. The van der Waals surface area contributed by atoms with Crippen LogP contribution in [0.25, 0.3) is 12.2 Å². The van der Waals surface area contributed by atoms with Crippen LogP contribution in [0.2, 0.25) is 5.02 Å². The summed E-state index contributed by atoms with van der Waals surface area (Å²) in [4.78, 5) is 4.29. The predicted octanol–water partition coefficient (Wildman–Crippen LogP) is 4.86. The van der Waals surface area contributed by atoms with E-state index in [4.69, 9.17) is 11.6 Å². The fourth-order valence-corrected chi connectivity index (χ4v) is 2.46. The molecule has 0 unspecified atom stereocenters. The van der Waals surface area contributed by atoms with Gasteiger partial charge in [0.15, 0.2) is 0 Å². The highest BCUT2D eigenvalue weighted by molar-refractivity contribution is 8.93. The van der Waals surface area contributed by atoms with E-state index in [1.165, 1.54) is 5.56 Å². The third-order valence-corrected chi connectivity index (χ3v) is 4.06. The summed E-state index contributed by atoms with van der Waals surface area (Å²) in [6.07, 6.45) is 7.96. The number of hydrogen-bond donors (Lipinski definition) is 2. The van der Waals surface area contributed by atoms with Gasteiger partial charge in [-0.3, -0.25) is 0 Å². The van der Waals surface area contributed by atoms with Crippen molar-refractivity contribution < 1.29 is 0 Å². The number of halogens is 2. The van der Waals surface area contributed by atoms with Gasteiger partial charge in [-0.1, -0.05) is 65.7 Å². The summed E-state index contributed by atoms with van der Waals surface area (Å²) in [5.74, 6) is 0.700. The lowest BCUT2D eigenvalue weighted by atomic mass is 10.1. The van der Waals surface area contributed by atoms with Gasteiger partial charge in [0.1, 0.15) is 0 Å². The average Bonchev–Trinajstić information content (AvgIpc) is 3.17. The molecule has 0 saturated carbocycles. The molecular weight excluding hydrogens is 424 g/mol. The minimum absolute atomic E-state index is 0. The first-order valence-electron chi connectivity index (χ1n) is 8.49. The summed E-state index contributed by atoms with van der Waals surface area (Å²) in [5, 5.41) is 8.31. The monoisotopic (exact) mass is 444 g/mol. The molecule has 0 atom stereocenters. The first-order valence-corrected chi connectivity index (χ1v) is 8.87. The van der Waals surface area contributed by atoms with Crippen molar-refractivity contribution >= 4 is 52.4 Å². The number of nitrogens with zero attached hydrogens (tertiary/aromatic N) is 2. The molecule has 1 heterocycles. The molecular formula is C21H22BrClN4. The van der Waals surface area contributed by atoms with Crippen LogP contribution in [0.4, 0.5) is 0 Å². The lowest BCUT2D eigenvalue weighted by Crippen LogP contribution is -2.30. The molecule has 1 aliphatic heterocycles. The maximum atomic E-state index is 5.94. The maximum absolute atomic E-state index is 5.94. The van der Waals surface area contributed by atoms with Crippen LogP contribution in [0.15, 0.2) is 70.8 Å². The van der Waals surface area contributed by atoms with Crippen LogP contribution in [-0.4, -0.2) is 24.8 Å². The van der Waals surface area contributed by atoms with Crippen molar-refractivity contribution in [1.29, 1.82) is 0 Å². The highest BCUT2D eigenvalue weighted by atomic mass is 79.9. The van der Waals surface area contributed by atoms with Gasteiger partial charge in [0, 0.05) is 11.6 Å². The molecule has 2 N–H and O–H groups in total. The fraction of sp³-hybridized carbons (Fsp3) is 0.143. The Morgan fingerprint density at radius 1 is 1.04 bits per heavy atom. The van der Waals surface area contributed by atoms with Gasteiger partial charge in [0.2, 0.25) is 5.96 Å². The quantitative estimate of drug-likeness (QED) is 0.510. The summed E-state index contributed by atoms with van der Waals surface area (Å²) in [5.41, 5.74) is 7.19. The van der Waals surface area contributed by atoms with Gasteiger partial charge in [-0.2, -0.15) is 5.10 Å². The highest BCUT2D eigenvalue weighted by Gasteiger charge is 2.02. The summed E-state index contributed by atoms with van der Waals surface area (Å²) >= 11 is 5.94.